The summed E-state index contributed by atoms with van der Waals surface area (Å²) >= 11 is 0. The van der Waals surface area contributed by atoms with Crippen molar-refractivity contribution in [2.24, 2.45) is 5.41 Å². The molecule has 3 fully saturated rings. The lowest BCUT2D eigenvalue weighted by atomic mass is 9.74. The van der Waals surface area contributed by atoms with Gasteiger partial charge < -0.3 is 14.2 Å². The predicted molar refractivity (Wildman–Crippen MR) is 76.1 cm³/mol. The Morgan fingerprint density at radius 3 is 2.81 bits per heavy atom. The van der Waals surface area contributed by atoms with E-state index in [1.165, 1.54) is 0 Å². The van der Waals surface area contributed by atoms with Crippen molar-refractivity contribution in [1.82, 2.24) is 10.1 Å². The molecule has 1 spiro atoms. The minimum atomic E-state index is 0.0292. The number of hydrogen-bond acceptors (Lipinski definition) is 4. The van der Waals surface area contributed by atoms with Gasteiger partial charge in [0, 0.05) is 37.8 Å². The van der Waals surface area contributed by atoms with Gasteiger partial charge in [0.15, 0.2) is 5.69 Å². The molecule has 1 aromatic rings. The Bertz CT molecular complexity index is 543. The Morgan fingerprint density at radius 2 is 2.10 bits per heavy atom. The van der Waals surface area contributed by atoms with Crippen molar-refractivity contribution in [3.05, 3.63) is 17.5 Å². The predicted octanol–water partition coefficient (Wildman–Crippen LogP) is 2.58. The van der Waals surface area contributed by atoms with Crippen LogP contribution in [0.2, 0.25) is 0 Å². The van der Waals surface area contributed by atoms with E-state index in [9.17, 15) is 4.79 Å². The number of hydrogen-bond donors (Lipinski definition) is 0. The van der Waals surface area contributed by atoms with E-state index >= 15 is 0 Å². The van der Waals surface area contributed by atoms with Gasteiger partial charge >= 0.3 is 0 Å². The molecule has 0 aromatic carbocycles. The fourth-order valence-electron chi connectivity index (χ4n) is 3.90. The van der Waals surface area contributed by atoms with Crippen LogP contribution in [0.5, 0.6) is 0 Å². The molecule has 114 valence electrons. The topological polar surface area (TPSA) is 55.6 Å². The standard InChI is InChI=1S/C16H22N2O3/c1-11-16(5-8-20-9-6-16)4-7-18(11)15(19)13-10-14(21-17-13)12-2-3-12/h10-12H,2-9H2,1H3/t11-/m0/s1. The van der Waals surface area contributed by atoms with Crippen LogP contribution in [0.4, 0.5) is 0 Å². The molecule has 21 heavy (non-hydrogen) atoms. The number of carbonyl (C=O) groups is 1. The third-order valence-corrected chi connectivity index (χ3v) is 5.68. The lowest BCUT2D eigenvalue weighted by molar-refractivity contribution is 0.0000513. The zero-order valence-electron chi connectivity index (χ0n) is 12.5. The number of ether oxygens (including phenoxy) is 1. The van der Waals surface area contributed by atoms with Gasteiger partial charge in [-0.3, -0.25) is 4.79 Å². The number of nitrogens with zero attached hydrogens (tertiary/aromatic N) is 2. The maximum Gasteiger partial charge on any atom is 0.276 e. The number of amides is 1. The van der Waals surface area contributed by atoms with Crippen LogP contribution in [0.25, 0.3) is 0 Å². The van der Waals surface area contributed by atoms with Gasteiger partial charge in [-0.2, -0.15) is 0 Å². The van der Waals surface area contributed by atoms with Crippen LogP contribution in [0.1, 0.15) is 61.2 Å². The molecule has 5 heteroatoms. The van der Waals surface area contributed by atoms with E-state index in [0.717, 1.165) is 57.6 Å². The van der Waals surface area contributed by atoms with Crippen molar-refractivity contribution in [1.29, 1.82) is 0 Å². The number of rotatable bonds is 2. The molecule has 4 rings (SSSR count). The highest BCUT2D eigenvalue weighted by molar-refractivity contribution is 5.92. The molecule has 0 unspecified atom stereocenters. The van der Waals surface area contributed by atoms with Crippen LogP contribution < -0.4 is 0 Å². The average Bonchev–Trinajstić information content (AvgIpc) is 3.17. The maximum atomic E-state index is 12.7. The monoisotopic (exact) mass is 290 g/mol. The van der Waals surface area contributed by atoms with Gasteiger partial charge in [0.25, 0.3) is 5.91 Å². The third-order valence-electron chi connectivity index (χ3n) is 5.68. The molecule has 3 aliphatic rings. The summed E-state index contributed by atoms with van der Waals surface area (Å²) in [4.78, 5) is 14.7. The number of aromatic nitrogens is 1. The first-order valence-corrected chi connectivity index (χ1v) is 8.05. The van der Waals surface area contributed by atoms with Crippen LogP contribution in [0, 0.1) is 5.41 Å². The molecule has 0 N–H and O–H groups in total. The Kier molecular flexibility index (Phi) is 3.06. The van der Waals surface area contributed by atoms with Crippen molar-refractivity contribution in [2.45, 2.75) is 51.0 Å². The Morgan fingerprint density at radius 1 is 1.33 bits per heavy atom. The first-order valence-electron chi connectivity index (χ1n) is 8.05. The van der Waals surface area contributed by atoms with Crippen LogP contribution in [-0.2, 0) is 4.74 Å². The summed E-state index contributed by atoms with van der Waals surface area (Å²) in [6.45, 7) is 4.65. The molecule has 0 radical (unpaired) electrons. The molecule has 2 saturated heterocycles. The normalized spacial score (nSPS) is 28.2. The summed E-state index contributed by atoms with van der Waals surface area (Å²) in [5.41, 5.74) is 0.726. The largest absolute Gasteiger partial charge is 0.381 e. The second-order valence-corrected chi connectivity index (χ2v) is 6.79. The van der Waals surface area contributed by atoms with Crippen molar-refractivity contribution >= 4 is 5.91 Å². The molecule has 1 aromatic heterocycles. The van der Waals surface area contributed by atoms with Crippen LogP contribution in [-0.4, -0.2) is 41.8 Å². The van der Waals surface area contributed by atoms with Gasteiger partial charge in [-0.1, -0.05) is 5.16 Å². The highest BCUT2D eigenvalue weighted by atomic mass is 16.5. The smallest absolute Gasteiger partial charge is 0.276 e. The average molecular weight is 290 g/mol. The summed E-state index contributed by atoms with van der Waals surface area (Å²) in [5.74, 6) is 1.41. The van der Waals surface area contributed by atoms with Crippen LogP contribution in [0.3, 0.4) is 0 Å². The third kappa shape index (κ3) is 2.18. The molecule has 1 aliphatic carbocycles. The minimum Gasteiger partial charge on any atom is -0.381 e. The maximum absolute atomic E-state index is 12.7. The highest BCUT2D eigenvalue weighted by Gasteiger charge is 2.47. The summed E-state index contributed by atoms with van der Waals surface area (Å²) in [5, 5.41) is 4.00. The summed E-state index contributed by atoms with van der Waals surface area (Å²) < 4.78 is 10.8. The van der Waals surface area contributed by atoms with E-state index in [1.54, 1.807) is 0 Å². The second kappa shape index (κ2) is 4.83. The Labute approximate surface area is 124 Å². The van der Waals surface area contributed by atoms with Crippen molar-refractivity contribution in [3.8, 4) is 0 Å². The molecular formula is C16H22N2O3. The Hall–Kier alpha value is -1.36. The lowest BCUT2D eigenvalue weighted by Crippen LogP contribution is -2.43. The summed E-state index contributed by atoms with van der Waals surface area (Å²) in [6.07, 6.45) is 5.52. The lowest BCUT2D eigenvalue weighted by Gasteiger charge is -2.38. The van der Waals surface area contributed by atoms with Crippen molar-refractivity contribution in [3.63, 3.8) is 0 Å². The van der Waals surface area contributed by atoms with Gasteiger partial charge in [-0.05, 0) is 44.4 Å². The number of likely N-dealkylation sites (tertiary alicyclic amines) is 1. The molecule has 1 amide bonds. The van der Waals surface area contributed by atoms with Crippen molar-refractivity contribution in [2.75, 3.05) is 19.8 Å². The van der Waals surface area contributed by atoms with E-state index in [0.29, 0.717) is 11.6 Å². The van der Waals surface area contributed by atoms with E-state index in [1.807, 2.05) is 11.0 Å². The first kappa shape index (κ1) is 13.3. The second-order valence-electron chi connectivity index (χ2n) is 6.79. The fourth-order valence-corrected chi connectivity index (χ4v) is 3.90. The van der Waals surface area contributed by atoms with Gasteiger partial charge in [-0.25, -0.2) is 0 Å². The fraction of sp³-hybridized carbons (Fsp3) is 0.750. The van der Waals surface area contributed by atoms with Crippen LogP contribution >= 0.6 is 0 Å². The zero-order valence-corrected chi connectivity index (χ0v) is 12.5. The van der Waals surface area contributed by atoms with Gasteiger partial charge in [0.2, 0.25) is 0 Å². The highest BCUT2D eigenvalue weighted by Crippen LogP contribution is 2.45. The van der Waals surface area contributed by atoms with Gasteiger partial charge in [0.05, 0.1) is 0 Å². The van der Waals surface area contributed by atoms with E-state index < -0.39 is 0 Å². The molecular weight excluding hydrogens is 268 g/mol. The molecule has 1 atom stereocenters. The molecule has 2 aliphatic heterocycles. The Balaban J connectivity index is 1.51. The van der Waals surface area contributed by atoms with E-state index in [2.05, 4.69) is 12.1 Å². The SMILES string of the molecule is C[C@@H]1N(C(=O)c2cc(C3CC3)on2)CCC12CCOCC2. The van der Waals surface area contributed by atoms with Crippen molar-refractivity contribution < 1.29 is 14.1 Å². The van der Waals surface area contributed by atoms with E-state index in [-0.39, 0.29) is 17.4 Å². The molecule has 0 bridgehead atoms. The number of carbonyl (C=O) groups excluding carboxylic acids is 1. The summed E-state index contributed by atoms with van der Waals surface area (Å²) in [6, 6.07) is 2.11. The summed E-state index contributed by atoms with van der Waals surface area (Å²) in [7, 11) is 0. The molecule has 5 nitrogen and oxygen atoms in total. The van der Waals surface area contributed by atoms with Gasteiger partial charge in [-0.15, -0.1) is 0 Å². The quantitative estimate of drug-likeness (QED) is 0.840. The zero-order chi connectivity index (χ0) is 14.4. The first-order chi connectivity index (χ1) is 10.2. The molecule has 1 saturated carbocycles. The minimum absolute atomic E-state index is 0.0292. The van der Waals surface area contributed by atoms with Gasteiger partial charge in [0.1, 0.15) is 5.76 Å². The molecule has 3 heterocycles. The van der Waals surface area contributed by atoms with E-state index in [4.69, 9.17) is 9.26 Å². The van der Waals surface area contributed by atoms with Crippen LogP contribution in [0.15, 0.2) is 10.6 Å².